The van der Waals surface area contributed by atoms with Crippen LogP contribution in [0.1, 0.15) is 11.1 Å². The molecular weight excluding hydrogens is 194 g/mol. The van der Waals surface area contributed by atoms with Crippen LogP contribution in [0.4, 0.5) is 0 Å². The predicted molar refractivity (Wildman–Crippen MR) is 47.4 cm³/mol. The van der Waals surface area contributed by atoms with Gasteiger partial charge in [-0.05, 0) is 11.6 Å². The first-order chi connectivity index (χ1) is 6.27. The van der Waals surface area contributed by atoms with Crippen LogP contribution >= 0.6 is 11.6 Å². The van der Waals surface area contributed by atoms with E-state index in [1.165, 1.54) is 5.64 Å². The SMILES string of the molecule is ONOCc1ccc(CCl)cc1O. The number of halogens is 1. The fourth-order valence-corrected chi connectivity index (χ4v) is 1.09. The number of aromatic hydroxyl groups is 1. The minimum atomic E-state index is 0.0882. The lowest BCUT2D eigenvalue weighted by atomic mass is 10.1. The predicted octanol–water partition coefficient (Wildman–Crippen LogP) is 1.54. The fraction of sp³-hybridized carbons (Fsp3) is 0.250. The summed E-state index contributed by atoms with van der Waals surface area (Å²) in [5, 5.41) is 17.5. The molecule has 0 saturated carbocycles. The van der Waals surface area contributed by atoms with Crippen molar-refractivity contribution < 1.29 is 15.2 Å². The third kappa shape index (κ3) is 2.86. The zero-order chi connectivity index (χ0) is 9.68. The Hall–Kier alpha value is -0.810. The lowest BCUT2D eigenvalue weighted by molar-refractivity contribution is -0.136. The first-order valence-corrected chi connectivity index (χ1v) is 4.19. The topological polar surface area (TPSA) is 61.7 Å². The van der Waals surface area contributed by atoms with Gasteiger partial charge in [0.15, 0.2) is 0 Å². The molecule has 4 nitrogen and oxygen atoms in total. The second-order valence-corrected chi connectivity index (χ2v) is 2.74. The van der Waals surface area contributed by atoms with E-state index in [2.05, 4.69) is 4.84 Å². The number of phenolic OH excluding ortho intramolecular Hbond substituents is 1. The van der Waals surface area contributed by atoms with Crippen molar-refractivity contribution in [3.8, 4) is 5.75 Å². The summed E-state index contributed by atoms with van der Waals surface area (Å²) in [6, 6.07) is 5.02. The molecule has 0 aliphatic rings. The van der Waals surface area contributed by atoms with Crippen molar-refractivity contribution in [2.75, 3.05) is 0 Å². The van der Waals surface area contributed by atoms with Crippen molar-refractivity contribution in [2.45, 2.75) is 12.5 Å². The first kappa shape index (κ1) is 10.3. The zero-order valence-electron chi connectivity index (χ0n) is 6.83. The van der Waals surface area contributed by atoms with Gasteiger partial charge in [-0.3, -0.25) is 10.0 Å². The van der Waals surface area contributed by atoms with Gasteiger partial charge >= 0.3 is 0 Å². The van der Waals surface area contributed by atoms with E-state index in [1.54, 1.807) is 18.2 Å². The molecule has 72 valence electrons. The van der Waals surface area contributed by atoms with Crippen LogP contribution in [0, 0.1) is 0 Å². The molecule has 1 aromatic carbocycles. The number of rotatable bonds is 4. The maximum Gasteiger partial charge on any atom is 0.121 e. The van der Waals surface area contributed by atoms with Crippen LogP contribution in [0.5, 0.6) is 5.75 Å². The van der Waals surface area contributed by atoms with Crippen LogP contribution in [0.25, 0.3) is 0 Å². The minimum Gasteiger partial charge on any atom is -0.508 e. The molecule has 13 heavy (non-hydrogen) atoms. The van der Waals surface area contributed by atoms with Gasteiger partial charge in [-0.15, -0.1) is 11.6 Å². The lowest BCUT2D eigenvalue weighted by Crippen LogP contribution is -2.07. The molecule has 5 heteroatoms. The summed E-state index contributed by atoms with van der Waals surface area (Å²) >= 11 is 5.56. The summed E-state index contributed by atoms with van der Waals surface area (Å²) in [6.45, 7) is 0.0882. The Kier molecular flexibility index (Phi) is 3.98. The average Bonchev–Trinajstić information content (AvgIpc) is 2.16. The molecule has 0 bridgehead atoms. The molecule has 0 saturated heterocycles. The van der Waals surface area contributed by atoms with Crippen LogP contribution in [0.2, 0.25) is 0 Å². The standard InChI is InChI=1S/C8H10ClNO3/c9-4-6-1-2-7(5-13-10-12)8(11)3-6/h1-3,10-12H,4-5H2. The Morgan fingerprint density at radius 3 is 2.77 bits per heavy atom. The molecule has 1 rings (SSSR count). The molecule has 1 aromatic rings. The highest BCUT2D eigenvalue weighted by molar-refractivity contribution is 6.17. The average molecular weight is 204 g/mol. The number of hydrogen-bond acceptors (Lipinski definition) is 4. The normalized spacial score (nSPS) is 10.3. The molecule has 0 atom stereocenters. The van der Waals surface area contributed by atoms with Crippen molar-refractivity contribution in [1.29, 1.82) is 0 Å². The van der Waals surface area contributed by atoms with Gasteiger partial charge < -0.3 is 5.11 Å². The maximum atomic E-state index is 9.40. The maximum absolute atomic E-state index is 9.40. The molecule has 0 aromatic heterocycles. The second kappa shape index (κ2) is 5.04. The molecule has 0 spiro atoms. The first-order valence-electron chi connectivity index (χ1n) is 3.65. The van der Waals surface area contributed by atoms with Crippen molar-refractivity contribution in [3.63, 3.8) is 0 Å². The van der Waals surface area contributed by atoms with Crippen LogP contribution in [-0.2, 0) is 17.3 Å². The second-order valence-electron chi connectivity index (χ2n) is 2.48. The van der Waals surface area contributed by atoms with E-state index >= 15 is 0 Å². The van der Waals surface area contributed by atoms with E-state index in [4.69, 9.17) is 16.8 Å². The third-order valence-electron chi connectivity index (χ3n) is 1.60. The molecular formula is C8H10ClNO3. The molecule has 3 N–H and O–H groups in total. The summed E-state index contributed by atoms with van der Waals surface area (Å²) in [6.07, 6.45) is 0. The van der Waals surface area contributed by atoms with E-state index in [9.17, 15) is 5.11 Å². The summed E-state index contributed by atoms with van der Waals surface area (Å²) in [5.41, 5.74) is 2.95. The van der Waals surface area contributed by atoms with Gasteiger partial charge in [0, 0.05) is 11.4 Å². The molecule has 0 unspecified atom stereocenters. The molecule has 0 fully saturated rings. The van der Waals surface area contributed by atoms with Gasteiger partial charge in [-0.2, -0.15) is 0 Å². The Bertz CT molecular complexity index is 280. The van der Waals surface area contributed by atoms with Gasteiger partial charge in [0.2, 0.25) is 0 Å². The van der Waals surface area contributed by atoms with Crippen molar-refractivity contribution in [3.05, 3.63) is 29.3 Å². The number of alkyl halides is 1. The fourth-order valence-electron chi connectivity index (χ4n) is 0.925. The summed E-state index contributed by atoms with van der Waals surface area (Å²) in [5.74, 6) is 0.459. The Balaban J connectivity index is 2.73. The highest BCUT2D eigenvalue weighted by atomic mass is 35.5. The van der Waals surface area contributed by atoms with Crippen molar-refractivity contribution >= 4 is 11.6 Å². The Morgan fingerprint density at radius 1 is 1.46 bits per heavy atom. The molecule has 0 amide bonds. The monoisotopic (exact) mass is 203 g/mol. The Morgan fingerprint density at radius 2 is 2.23 bits per heavy atom. The van der Waals surface area contributed by atoms with E-state index in [0.717, 1.165) is 5.56 Å². The number of nitrogens with one attached hydrogen (secondary N) is 1. The van der Waals surface area contributed by atoms with Crippen LogP contribution < -0.4 is 5.64 Å². The molecule has 0 aliphatic carbocycles. The summed E-state index contributed by atoms with van der Waals surface area (Å²) in [7, 11) is 0. The molecule has 0 radical (unpaired) electrons. The van der Waals surface area contributed by atoms with E-state index in [1.807, 2.05) is 0 Å². The zero-order valence-corrected chi connectivity index (χ0v) is 7.58. The van der Waals surface area contributed by atoms with Crippen molar-refractivity contribution in [1.82, 2.24) is 5.64 Å². The number of benzene rings is 1. The van der Waals surface area contributed by atoms with Gasteiger partial charge in [0.05, 0.1) is 6.61 Å². The number of hydrogen-bond donors (Lipinski definition) is 3. The van der Waals surface area contributed by atoms with E-state index in [-0.39, 0.29) is 12.4 Å². The highest BCUT2D eigenvalue weighted by Gasteiger charge is 2.01. The van der Waals surface area contributed by atoms with Gasteiger partial charge in [0.1, 0.15) is 5.75 Å². The summed E-state index contributed by atoms with van der Waals surface area (Å²) < 4.78 is 0. The van der Waals surface area contributed by atoms with Crippen LogP contribution in [0.15, 0.2) is 18.2 Å². The largest absolute Gasteiger partial charge is 0.508 e. The minimum absolute atomic E-state index is 0.0882. The van der Waals surface area contributed by atoms with Gasteiger partial charge in [-0.25, -0.2) is 0 Å². The number of phenols is 1. The molecule has 0 aliphatic heterocycles. The lowest BCUT2D eigenvalue weighted by Gasteiger charge is -2.05. The highest BCUT2D eigenvalue weighted by Crippen LogP contribution is 2.20. The third-order valence-corrected chi connectivity index (χ3v) is 1.90. The van der Waals surface area contributed by atoms with Gasteiger partial charge in [0.25, 0.3) is 0 Å². The summed E-state index contributed by atoms with van der Waals surface area (Å²) in [4.78, 5) is 4.49. The van der Waals surface area contributed by atoms with Crippen molar-refractivity contribution in [2.24, 2.45) is 0 Å². The Labute approximate surface area is 80.6 Å². The quantitative estimate of drug-likeness (QED) is 0.513. The van der Waals surface area contributed by atoms with Gasteiger partial charge in [-0.1, -0.05) is 17.8 Å². The van der Waals surface area contributed by atoms with E-state index in [0.29, 0.717) is 11.4 Å². The van der Waals surface area contributed by atoms with Crippen LogP contribution in [-0.4, -0.2) is 10.3 Å². The smallest absolute Gasteiger partial charge is 0.121 e. The van der Waals surface area contributed by atoms with Crippen LogP contribution in [0.3, 0.4) is 0 Å². The van der Waals surface area contributed by atoms with E-state index < -0.39 is 0 Å². The molecule has 0 heterocycles.